The largest absolute Gasteiger partial charge is 0.497 e. The minimum atomic E-state index is -0.126. The molecule has 1 amide bonds. The minimum Gasteiger partial charge on any atom is -0.497 e. The first-order chi connectivity index (χ1) is 12.6. The van der Waals surface area contributed by atoms with Crippen LogP contribution in [0, 0.1) is 5.92 Å². The number of amides is 1. The molecule has 1 saturated heterocycles. The number of benzene rings is 1. The van der Waals surface area contributed by atoms with E-state index in [1.54, 1.807) is 11.8 Å². The summed E-state index contributed by atoms with van der Waals surface area (Å²) >= 11 is 0. The van der Waals surface area contributed by atoms with Crippen LogP contribution >= 0.6 is 12.4 Å². The number of carbonyl (C=O) groups is 1. The van der Waals surface area contributed by atoms with Crippen LogP contribution < -0.4 is 20.1 Å². The Kier molecular flexibility index (Phi) is 7.50. The summed E-state index contributed by atoms with van der Waals surface area (Å²) in [4.78, 5) is 12.6. The Morgan fingerprint density at radius 3 is 2.67 bits per heavy atom. The number of rotatable bonds is 7. The Morgan fingerprint density at radius 2 is 2.04 bits per heavy atom. The molecule has 7 nitrogen and oxygen atoms in total. The van der Waals surface area contributed by atoms with Gasteiger partial charge in [-0.25, -0.2) is 0 Å². The minimum absolute atomic E-state index is 0. The summed E-state index contributed by atoms with van der Waals surface area (Å²) in [6, 6.07) is 7.42. The van der Waals surface area contributed by atoms with Crippen LogP contribution in [0.1, 0.15) is 18.4 Å². The van der Waals surface area contributed by atoms with E-state index in [9.17, 15) is 4.79 Å². The first-order valence-corrected chi connectivity index (χ1v) is 8.84. The molecule has 2 heterocycles. The van der Waals surface area contributed by atoms with E-state index in [0.29, 0.717) is 13.1 Å². The maximum absolute atomic E-state index is 12.6. The highest BCUT2D eigenvalue weighted by atomic mass is 35.5. The number of methoxy groups -OCH3 is 1. The smallest absolute Gasteiger partial charge is 0.225 e. The molecule has 148 valence electrons. The molecule has 1 aliphatic heterocycles. The van der Waals surface area contributed by atoms with Gasteiger partial charge in [0.2, 0.25) is 5.91 Å². The Bertz CT molecular complexity index is 735. The van der Waals surface area contributed by atoms with E-state index in [0.717, 1.165) is 23.6 Å². The Morgan fingerprint density at radius 1 is 1.33 bits per heavy atom. The van der Waals surface area contributed by atoms with Gasteiger partial charge in [-0.3, -0.25) is 9.48 Å². The van der Waals surface area contributed by atoms with Gasteiger partial charge >= 0.3 is 0 Å². The van der Waals surface area contributed by atoms with E-state index in [4.69, 9.17) is 9.47 Å². The van der Waals surface area contributed by atoms with Crippen LogP contribution in [0.2, 0.25) is 0 Å². The molecule has 0 bridgehead atoms. The van der Waals surface area contributed by atoms with Gasteiger partial charge in [-0.05, 0) is 36.8 Å². The lowest BCUT2D eigenvalue weighted by molar-refractivity contribution is -0.125. The molecule has 3 rings (SSSR count). The highest BCUT2D eigenvalue weighted by molar-refractivity contribution is 5.85. The van der Waals surface area contributed by atoms with E-state index in [-0.39, 0.29) is 36.3 Å². The van der Waals surface area contributed by atoms with Crippen LogP contribution in [-0.4, -0.2) is 48.5 Å². The average molecular weight is 395 g/mol. The van der Waals surface area contributed by atoms with Gasteiger partial charge in [0.05, 0.1) is 25.8 Å². The lowest BCUT2D eigenvalue weighted by atomic mass is 9.90. The van der Waals surface area contributed by atoms with Crippen LogP contribution in [-0.2, 0) is 11.8 Å². The predicted octanol–water partition coefficient (Wildman–Crippen LogP) is 1.74. The van der Waals surface area contributed by atoms with Crippen molar-refractivity contribution in [2.24, 2.45) is 13.0 Å². The number of hydrogen-bond donors (Lipinski definition) is 2. The molecule has 0 saturated carbocycles. The van der Waals surface area contributed by atoms with E-state index < -0.39 is 0 Å². The zero-order valence-corrected chi connectivity index (χ0v) is 16.7. The van der Waals surface area contributed by atoms with Gasteiger partial charge < -0.3 is 20.1 Å². The van der Waals surface area contributed by atoms with Crippen molar-refractivity contribution in [2.45, 2.75) is 18.9 Å². The van der Waals surface area contributed by atoms with Gasteiger partial charge in [-0.2, -0.15) is 5.10 Å². The molecule has 1 aromatic heterocycles. The number of nitrogens with zero attached hydrogens (tertiary/aromatic N) is 2. The van der Waals surface area contributed by atoms with Crippen molar-refractivity contribution in [3.05, 3.63) is 42.2 Å². The Balaban J connectivity index is 0.00000261. The van der Waals surface area contributed by atoms with Gasteiger partial charge in [0.1, 0.15) is 17.6 Å². The normalized spacial score (nSPS) is 19.8. The van der Waals surface area contributed by atoms with Crippen molar-refractivity contribution in [2.75, 3.05) is 26.7 Å². The molecule has 2 aromatic rings. The number of ether oxygens (including phenoxy) is 2. The fourth-order valence-electron chi connectivity index (χ4n) is 3.24. The molecule has 1 aromatic carbocycles. The second kappa shape index (κ2) is 9.62. The van der Waals surface area contributed by atoms with Crippen LogP contribution in [0.5, 0.6) is 11.5 Å². The van der Waals surface area contributed by atoms with Crippen molar-refractivity contribution >= 4 is 18.3 Å². The van der Waals surface area contributed by atoms with Crippen molar-refractivity contribution < 1.29 is 14.3 Å². The lowest BCUT2D eigenvalue weighted by Gasteiger charge is -2.20. The number of halogens is 1. The first-order valence-electron chi connectivity index (χ1n) is 8.84. The van der Waals surface area contributed by atoms with Crippen molar-refractivity contribution in [3.8, 4) is 11.5 Å². The standard InChI is InChI=1S/C19H26N4O3.ClH/c1-13(26-16-6-4-15(25-3)5-7-16)8-21-19(24)18-11-20-10-17(18)14-9-22-23(2)12-14;/h4-7,9,12-13,17-18,20H,8,10-11H2,1-3H3,(H,21,24);1H/t13?,17-,18+;/m1./s1. The van der Waals surface area contributed by atoms with Gasteiger partial charge in [0.15, 0.2) is 0 Å². The second-order valence-electron chi connectivity index (χ2n) is 6.67. The van der Waals surface area contributed by atoms with Gasteiger partial charge in [-0.15, -0.1) is 12.4 Å². The predicted molar refractivity (Wildman–Crippen MR) is 106 cm³/mol. The molecular formula is C19H27ClN4O3. The molecule has 8 heteroatoms. The van der Waals surface area contributed by atoms with Crippen LogP contribution in [0.4, 0.5) is 0 Å². The molecule has 1 fully saturated rings. The quantitative estimate of drug-likeness (QED) is 0.748. The number of aryl methyl sites for hydroxylation is 1. The van der Waals surface area contributed by atoms with Crippen molar-refractivity contribution in [1.29, 1.82) is 0 Å². The fraction of sp³-hybridized carbons (Fsp3) is 0.474. The van der Waals surface area contributed by atoms with Crippen molar-refractivity contribution in [1.82, 2.24) is 20.4 Å². The molecule has 1 unspecified atom stereocenters. The van der Waals surface area contributed by atoms with E-state index >= 15 is 0 Å². The number of carbonyl (C=O) groups excluding carboxylic acids is 1. The van der Waals surface area contributed by atoms with E-state index in [2.05, 4.69) is 15.7 Å². The Labute approximate surface area is 165 Å². The third-order valence-corrected chi connectivity index (χ3v) is 4.66. The zero-order valence-electron chi connectivity index (χ0n) is 15.8. The molecule has 1 aliphatic rings. The maximum atomic E-state index is 12.6. The molecular weight excluding hydrogens is 368 g/mol. The summed E-state index contributed by atoms with van der Waals surface area (Å²) in [6.45, 7) is 3.87. The first kappa shape index (κ1) is 21.1. The Hall–Kier alpha value is -2.25. The lowest BCUT2D eigenvalue weighted by Crippen LogP contribution is -2.39. The maximum Gasteiger partial charge on any atom is 0.225 e. The van der Waals surface area contributed by atoms with Crippen LogP contribution in [0.25, 0.3) is 0 Å². The molecule has 3 atom stereocenters. The van der Waals surface area contributed by atoms with E-state index in [1.807, 2.05) is 50.6 Å². The number of hydrogen-bond acceptors (Lipinski definition) is 5. The number of nitrogens with one attached hydrogen (secondary N) is 2. The molecule has 27 heavy (non-hydrogen) atoms. The SMILES string of the molecule is COc1ccc(OC(C)CNC(=O)[C@H]2CNC[C@@H]2c2cnn(C)c2)cc1.Cl. The topological polar surface area (TPSA) is 77.4 Å². The average Bonchev–Trinajstić information content (AvgIpc) is 3.29. The zero-order chi connectivity index (χ0) is 18.5. The van der Waals surface area contributed by atoms with Gasteiger partial charge in [-0.1, -0.05) is 0 Å². The second-order valence-corrected chi connectivity index (χ2v) is 6.67. The summed E-state index contributed by atoms with van der Waals surface area (Å²) in [5, 5.41) is 10.5. The summed E-state index contributed by atoms with van der Waals surface area (Å²) in [5.41, 5.74) is 1.10. The highest BCUT2D eigenvalue weighted by Crippen LogP contribution is 2.27. The third kappa shape index (κ3) is 5.37. The van der Waals surface area contributed by atoms with E-state index in [1.165, 1.54) is 0 Å². The van der Waals surface area contributed by atoms with Gasteiger partial charge in [0.25, 0.3) is 0 Å². The summed E-state index contributed by atoms with van der Waals surface area (Å²) in [7, 11) is 3.52. The van der Waals surface area contributed by atoms with Crippen molar-refractivity contribution in [3.63, 3.8) is 0 Å². The van der Waals surface area contributed by atoms with Gasteiger partial charge in [0, 0.05) is 32.3 Å². The summed E-state index contributed by atoms with van der Waals surface area (Å²) < 4.78 is 12.7. The molecule has 0 radical (unpaired) electrons. The molecule has 2 N–H and O–H groups in total. The number of aromatic nitrogens is 2. The highest BCUT2D eigenvalue weighted by Gasteiger charge is 2.34. The van der Waals surface area contributed by atoms with Crippen LogP contribution in [0.15, 0.2) is 36.7 Å². The molecule has 0 spiro atoms. The summed E-state index contributed by atoms with van der Waals surface area (Å²) in [6.07, 6.45) is 3.69. The summed E-state index contributed by atoms with van der Waals surface area (Å²) in [5.74, 6) is 1.65. The van der Waals surface area contributed by atoms with Crippen LogP contribution in [0.3, 0.4) is 0 Å². The molecule has 0 aliphatic carbocycles. The third-order valence-electron chi connectivity index (χ3n) is 4.66. The fourth-order valence-corrected chi connectivity index (χ4v) is 3.24. The monoisotopic (exact) mass is 394 g/mol.